The smallest absolute Gasteiger partial charge is 0.359 e. The molecule has 0 saturated heterocycles. The molecular weight excluding hydrogens is 942 g/mol. The lowest BCUT2D eigenvalue weighted by Gasteiger charge is -2.31. The number of para-hydroxylation sites is 2. The number of fused-ring (bicyclic) bond motifs is 22. The summed E-state index contributed by atoms with van der Waals surface area (Å²) < 4.78 is 5.59. The van der Waals surface area contributed by atoms with Gasteiger partial charge in [0, 0.05) is 54.8 Å². The number of nitrogens with zero attached hydrogens (tertiary/aromatic N) is 4. The Balaban J connectivity index is 1.20. The van der Waals surface area contributed by atoms with Crippen molar-refractivity contribution in [2.75, 3.05) is 9.62 Å². The van der Waals surface area contributed by atoms with Gasteiger partial charge in [0.25, 0.3) is 0 Å². The number of hydrogen-bond donors (Lipinski definition) is 0. The second-order valence-electron chi connectivity index (χ2n) is 25.5. The molecule has 15 rings (SSSR count). The predicted octanol–water partition coefficient (Wildman–Crippen LogP) is 17.8. The molecule has 0 spiro atoms. The minimum Gasteiger partial charge on any atom is -0.359 e. The fraction of sp³-hybridized carbons (Fsp3) is 0.250. The zero-order valence-corrected chi connectivity index (χ0v) is 47.4. The molecule has 0 aliphatic carbocycles. The average Bonchev–Trinajstić information content (AvgIpc) is 4.01. The third kappa shape index (κ3) is 6.04. The minimum absolute atomic E-state index is 0.153. The van der Waals surface area contributed by atoms with Gasteiger partial charge in [-0.15, -0.1) is 0 Å². The first-order valence-electron chi connectivity index (χ1n) is 28.9. The molecule has 4 aliphatic rings. The van der Waals surface area contributed by atoms with Gasteiger partial charge >= 0.3 is 14.0 Å². The summed E-state index contributed by atoms with van der Waals surface area (Å²) in [4.78, 5) is 5.60. The fourth-order valence-corrected chi connectivity index (χ4v) is 15.7. The van der Waals surface area contributed by atoms with Crippen LogP contribution < -0.4 is 20.5 Å². The first kappa shape index (κ1) is 47.5. The monoisotopic (exact) mass is 1010 g/mol. The molecule has 6 heterocycles. The maximum atomic E-state index is 2.80. The topological polar surface area (TPSA) is 16.3 Å². The number of aromatic nitrogens is 2. The van der Waals surface area contributed by atoms with Crippen molar-refractivity contribution >= 4 is 91.3 Å². The molecule has 9 aromatic carbocycles. The Labute approximate surface area is 461 Å². The van der Waals surface area contributed by atoms with E-state index in [1.807, 2.05) is 0 Å². The van der Waals surface area contributed by atoms with E-state index < -0.39 is 0 Å². The molecule has 0 bridgehead atoms. The molecule has 0 radical (unpaired) electrons. The quantitative estimate of drug-likeness (QED) is 0.154. The fourth-order valence-electron chi connectivity index (χ4n) is 15.7. The van der Waals surface area contributed by atoms with Gasteiger partial charge in [-0.25, -0.2) is 0 Å². The van der Waals surface area contributed by atoms with E-state index in [1.165, 1.54) is 144 Å². The van der Waals surface area contributed by atoms with Gasteiger partial charge in [0.15, 0.2) is 0 Å². The predicted molar refractivity (Wildman–Crippen MR) is 336 cm³/mol. The van der Waals surface area contributed by atoms with Crippen molar-refractivity contribution in [2.24, 2.45) is 0 Å². The molecule has 6 heteroatoms. The molecule has 0 atom stereocenters. The zero-order chi connectivity index (χ0) is 53.6. The summed E-state index contributed by atoms with van der Waals surface area (Å²) in [6, 6.07) is 66.7. The Bertz CT molecular complexity index is 4060. The summed E-state index contributed by atoms with van der Waals surface area (Å²) in [6.07, 6.45) is 0. The first-order valence-corrected chi connectivity index (χ1v) is 28.9. The Morgan fingerprint density at radius 3 is 1.05 bits per heavy atom. The van der Waals surface area contributed by atoms with E-state index in [0.29, 0.717) is 23.7 Å². The summed E-state index contributed by atoms with van der Waals surface area (Å²) in [6.45, 7) is 28.4. The lowest BCUT2D eigenvalue weighted by atomic mass is 9.62. The van der Waals surface area contributed by atoms with Crippen molar-refractivity contribution in [3.8, 4) is 22.3 Å². The van der Waals surface area contributed by atoms with E-state index in [-0.39, 0.29) is 24.8 Å². The highest BCUT2D eigenvalue weighted by molar-refractivity contribution is 6.84. The third-order valence-corrected chi connectivity index (χ3v) is 19.2. The number of anilines is 4. The van der Waals surface area contributed by atoms with Crippen LogP contribution in [0.2, 0.25) is 0 Å². The summed E-state index contributed by atoms with van der Waals surface area (Å²) >= 11 is 0. The van der Waals surface area contributed by atoms with Crippen LogP contribution in [0.5, 0.6) is 0 Å². The van der Waals surface area contributed by atoms with Crippen molar-refractivity contribution in [2.45, 2.75) is 118 Å². The molecule has 4 aliphatic heterocycles. The molecule has 0 unspecified atom stereocenters. The third-order valence-electron chi connectivity index (χ3n) is 19.2. The summed E-state index contributed by atoms with van der Waals surface area (Å²) in [5.74, 6) is 1.45. The molecule has 11 aromatic rings. The lowest BCUT2D eigenvalue weighted by molar-refractivity contribution is 0.648. The highest BCUT2D eigenvalue weighted by Gasteiger charge is 2.54. The lowest BCUT2D eigenvalue weighted by Crippen LogP contribution is -2.49. The summed E-state index contributed by atoms with van der Waals surface area (Å²) in [5, 5.41) is 5.27. The zero-order valence-electron chi connectivity index (χ0n) is 47.4. The second-order valence-corrected chi connectivity index (χ2v) is 25.5. The molecule has 382 valence electrons. The Hall–Kier alpha value is -7.69. The van der Waals surface area contributed by atoms with Crippen LogP contribution in [0.4, 0.5) is 22.7 Å². The van der Waals surface area contributed by atoms with E-state index in [9.17, 15) is 0 Å². The SMILES string of the molecule is CC(C)c1cccc(C(C)C)c1-c1ccc2c(c1)c1c3c4c(c5c1n2B1c2ccccc2C(C)(C)c2ccccc2N15)c1cc(-c2c(C(C)C)cccc2C(C)C)ccc1n4B1c2ccccc2C(C)(C)c2ccccc2N13. The Kier molecular flexibility index (Phi) is 10.0. The van der Waals surface area contributed by atoms with Crippen LogP contribution in [-0.2, 0) is 10.8 Å². The van der Waals surface area contributed by atoms with Crippen LogP contribution in [-0.4, -0.2) is 22.9 Å². The van der Waals surface area contributed by atoms with Crippen molar-refractivity contribution in [1.29, 1.82) is 0 Å². The Morgan fingerprint density at radius 1 is 0.359 bits per heavy atom. The van der Waals surface area contributed by atoms with E-state index in [0.717, 1.165) is 0 Å². The van der Waals surface area contributed by atoms with E-state index >= 15 is 0 Å². The van der Waals surface area contributed by atoms with Gasteiger partial charge in [0.05, 0.1) is 22.4 Å². The maximum absolute atomic E-state index is 2.80. The second kappa shape index (κ2) is 16.4. The van der Waals surface area contributed by atoms with E-state index in [4.69, 9.17) is 0 Å². The van der Waals surface area contributed by atoms with Crippen LogP contribution >= 0.6 is 0 Å². The number of hydrogen-bond acceptors (Lipinski definition) is 2. The molecule has 0 amide bonds. The van der Waals surface area contributed by atoms with Gasteiger partial charge < -0.3 is 18.6 Å². The molecule has 0 fully saturated rings. The van der Waals surface area contributed by atoms with Crippen molar-refractivity contribution in [3.63, 3.8) is 0 Å². The van der Waals surface area contributed by atoms with E-state index in [1.54, 1.807) is 0 Å². The van der Waals surface area contributed by atoms with Crippen LogP contribution in [0, 0.1) is 0 Å². The molecule has 2 aromatic heterocycles. The molecule has 0 saturated carbocycles. The highest BCUT2D eigenvalue weighted by atomic mass is 15.3. The van der Waals surface area contributed by atoms with Gasteiger partial charge in [-0.3, -0.25) is 0 Å². The average molecular weight is 1010 g/mol. The number of benzene rings is 9. The molecule has 4 nitrogen and oxygen atoms in total. The van der Waals surface area contributed by atoms with Crippen molar-refractivity contribution in [1.82, 2.24) is 8.96 Å². The molecule has 78 heavy (non-hydrogen) atoms. The number of rotatable bonds is 6. The normalized spacial score (nSPS) is 15.5. The summed E-state index contributed by atoms with van der Waals surface area (Å²) in [5.41, 5.74) is 28.9. The van der Waals surface area contributed by atoms with Gasteiger partial charge in [-0.1, -0.05) is 217 Å². The largest absolute Gasteiger partial charge is 0.421 e. The van der Waals surface area contributed by atoms with Crippen LogP contribution in [0.25, 0.3) is 65.9 Å². The van der Waals surface area contributed by atoms with Gasteiger partial charge in [0.1, 0.15) is 0 Å². The van der Waals surface area contributed by atoms with Crippen molar-refractivity contribution < 1.29 is 0 Å². The Morgan fingerprint density at radius 2 is 0.692 bits per heavy atom. The molecule has 0 N–H and O–H groups in total. The van der Waals surface area contributed by atoms with Gasteiger partial charge in [-0.2, -0.15) is 0 Å². The van der Waals surface area contributed by atoms with Crippen LogP contribution in [0.15, 0.2) is 170 Å². The van der Waals surface area contributed by atoms with Crippen LogP contribution in [0.3, 0.4) is 0 Å². The standard InChI is InChI=1S/C72H68B2N4/c1-41(2)47-23-21-24-48(42(3)4)63(47)45-35-37-59-51(39-45)65-67-70(78-62-34-20-16-30-56(62)71(9,10)53-27-13-17-31-57(53)73(78)75(59)67)66-52-40-46(64-49(43(5)6)25-22-26-50(64)44(7)8)36-38-60(52)76-68(66)69(65)77-61-33-19-15-29-55(61)72(11,12)54-28-14-18-32-58(54)74(76)77/h13-44H,1-12H3. The van der Waals surface area contributed by atoms with Gasteiger partial charge in [0.2, 0.25) is 0 Å². The van der Waals surface area contributed by atoms with E-state index in [2.05, 4.69) is 272 Å². The molecular formula is C72H68B2N4. The summed E-state index contributed by atoms with van der Waals surface area (Å²) in [7, 11) is 0. The minimum atomic E-state index is -0.276. The maximum Gasteiger partial charge on any atom is 0.421 e. The highest BCUT2D eigenvalue weighted by Crippen LogP contribution is 2.61. The van der Waals surface area contributed by atoms with Gasteiger partial charge in [-0.05, 0) is 138 Å². The first-order chi connectivity index (χ1) is 37.6. The van der Waals surface area contributed by atoms with Crippen molar-refractivity contribution in [3.05, 3.63) is 214 Å². The van der Waals surface area contributed by atoms with Crippen LogP contribution in [0.1, 0.15) is 151 Å².